The minimum Gasteiger partial charge on any atom is -0.447 e. The van der Waals surface area contributed by atoms with E-state index >= 15 is 0 Å². The van der Waals surface area contributed by atoms with Crippen molar-refractivity contribution in [2.45, 2.75) is 12.2 Å². The molecule has 1 aliphatic heterocycles. The number of rotatable bonds is 1. The Bertz CT molecular complexity index is 464. The maximum absolute atomic E-state index is 13.6. The molecule has 0 saturated carbocycles. The van der Waals surface area contributed by atoms with E-state index in [4.69, 9.17) is 0 Å². The summed E-state index contributed by atoms with van der Waals surface area (Å²) in [7, 11) is 0. The van der Waals surface area contributed by atoms with Crippen molar-refractivity contribution in [3.8, 4) is 0 Å². The number of hydrogen-bond acceptors (Lipinski definition) is 2. The first-order valence-corrected chi connectivity index (χ1v) is 4.68. The van der Waals surface area contributed by atoms with Crippen LogP contribution < -0.4 is 5.32 Å². The van der Waals surface area contributed by atoms with E-state index in [2.05, 4.69) is 10.1 Å². The number of alkyl halides is 3. The molecule has 0 unspecified atom stereocenters. The molecule has 0 radical (unpaired) electrons. The lowest BCUT2D eigenvalue weighted by atomic mass is 10.0. The van der Waals surface area contributed by atoms with Gasteiger partial charge >= 0.3 is 12.3 Å². The summed E-state index contributed by atoms with van der Waals surface area (Å²) in [5, 5.41) is 2.22. The van der Waals surface area contributed by atoms with E-state index in [0.717, 1.165) is 6.07 Å². The standard InChI is InChI=1S/C10H7F4NO2.ClH/c11-8-5(7-4-17-9(16)15-7)2-1-3-6(8)10(12,13)14;/h1-3,7H,4H2,(H,15,16);1H/t7-;/m0./s1. The van der Waals surface area contributed by atoms with Gasteiger partial charge < -0.3 is 10.1 Å². The average molecular weight is 286 g/mol. The van der Waals surface area contributed by atoms with E-state index in [1.807, 2.05) is 0 Å². The highest BCUT2D eigenvalue weighted by Crippen LogP contribution is 2.34. The van der Waals surface area contributed by atoms with Gasteiger partial charge in [-0.05, 0) is 6.07 Å². The number of halogens is 5. The summed E-state index contributed by atoms with van der Waals surface area (Å²) in [6, 6.07) is 2.04. The molecule has 8 heteroatoms. The Morgan fingerprint density at radius 1 is 1.33 bits per heavy atom. The van der Waals surface area contributed by atoms with Gasteiger partial charge in [-0.1, -0.05) is 12.1 Å². The lowest BCUT2D eigenvalue weighted by molar-refractivity contribution is -0.140. The Balaban J connectivity index is 0.00000162. The zero-order chi connectivity index (χ0) is 12.6. The van der Waals surface area contributed by atoms with E-state index in [1.54, 1.807) is 0 Å². The van der Waals surface area contributed by atoms with Crippen molar-refractivity contribution in [3.63, 3.8) is 0 Å². The molecule has 18 heavy (non-hydrogen) atoms. The zero-order valence-electron chi connectivity index (χ0n) is 8.75. The van der Waals surface area contributed by atoms with Crippen LogP contribution in [0.5, 0.6) is 0 Å². The van der Waals surface area contributed by atoms with Crippen LogP contribution in [0.3, 0.4) is 0 Å². The van der Waals surface area contributed by atoms with Crippen LogP contribution >= 0.6 is 12.4 Å². The molecule has 1 amide bonds. The number of benzene rings is 1. The topological polar surface area (TPSA) is 38.3 Å². The van der Waals surface area contributed by atoms with Crippen LogP contribution in [0.15, 0.2) is 18.2 Å². The lowest BCUT2D eigenvalue weighted by Gasteiger charge is -2.13. The molecule has 2 rings (SSSR count). The molecule has 1 atom stereocenters. The van der Waals surface area contributed by atoms with Gasteiger partial charge in [0.1, 0.15) is 12.4 Å². The SMILES string of the molecule is Cl.O=C1N[C@H](c2cccc(C(F)(F)F)c2F)CO1. The number of carbonyl (C=O) groups is 1. The Kier molecular flexibility index (Phi) is 4.05. The van der Waals surface area contributed by atoms with Crippen LogP contribution in [-0.4, -0.2) is 12.7 Å². The van der Waals surface area contributed by atoms with Gasteiger partial charge in [-0.25, -0.2) is 9.18 Å². The van der Waals surface area contributed by atoms with Gasteiger partial charge in [-0.3, -0.25) is 0 Å². The third-order valence-electron chi connectivity index (χ3n) is 2.38. The monoisotopic (exact) mass is 285 g/mol. The quantitative estimate of drug-likeness (QED) is 0.806. The molecule has 1 saturated heterocycles. The van der Waals surface area contributed by atoms with Crippen molar-refractivity contribution in [1.29, 1.82) is 0 Å². The van der Waals surface area contributed by atoms with Crippen LogP contribution in [0.25, 0.3) is 0 Å². The molecular weight excluding hydrogens is 278 g/mol. The van der Waals surface area contributed by atoms with Crippen LogP contribution in [0.1, 0.15) is 17.2 Å². The Morgan fingerprint density at radius 2 is 2.00 bits per heavy atom. The fourth-order valence-electron chi connectivity index (χ4n) is 1.59. The third-order valence-corrected chi connectivity index (χ3v) is 2.38. The van der Waals surface area contributed by atoms with Gasteiger partial charge in [-0.15, -0.1) is 12.4 Å². The number of hydrogen-bond donors (Lipinski definition) is 1. The van der Waals surface area contributed by atoms with Crippen molar-refractivity contribution < 1.29 is 27.1 Å². The van der Waals surface area contributed by atoms with Crippen molar-refractivity contribution in [3.05, 3.63) is 35.1 Å². The number of amides is 1. The zero-order valence-corrected chi connectivity index (χ0v) is 9.57. The van der Waals surface area contributed by atoms with Crippen molar-refractivity contribution >= 4 is 18.5 Å². The maximum atomic E-state index is 13.6. The van der Waals surface area contributed by atoms with Gasteiger partial charge in [0.15, 0.2) is 0 Å². The summed E-state index contributed by atoms with van der Waals surface area (Å²) >= 11 is 0. The molecule has 3 nitrogen and oxygen atoms in total. The van der Waals surface area contributed by atoms with E-state index in [0.29, 0.717) is 6.07 Å². The molecule has 0 aromatic heterocycles. The molecule has 1 N–H and O–H groups in total. The molecule has 0 spiro atoms. The van der Waals surface area contributed by atoms with Gasteiger partial charge in [-0.2, -0.15) is 13.2 Å². The summed E-state index contributed by atoms with van der Waals surface area (Å²) < 4.78 is 55.4. The minimum atomic E-state index is -4.76. The summed E-state index contributed by atoms with van der Waals surface area (Å²) in [6.45, 7) is -0.183. The molecule has 1 aromatic carbocycles. The first-order chi connectivity index (χ1) is 7.89. The highest BCUT2D eigenvalue weighted by atomic mass is 35.5. The molecule has 0 bridgehead atoms. The number of cyclic esters (lactones) is 1. The second kappa shape index (κ2) is 5.01. The Labute approximate surface area is 106 Å². The highest BCUT2D eigenvalue weighted by molar-refractivity contribution is 5.85. The van der Waals surface area contributed by atoms with Crippen LogP contribution in [-0.2, 0) is 10.9 Å². The van der Waals surface area contributed by atoms with Crippen LogP contribution in [0.2, 0.25) is 0 Å². The lowest BCUT2D eigenvalue weighted by Crippen LogP contribution is -2.21. The van der Waals surface area contributed by atoms with Gasteiger partial charge in [0.25, 0.3) is 0 Å². The number of alkyl carbamates (subject to hydrolysis) is 1. The second-order valence-corrected chi connectivity index (χ2v) is 3.50. The molecule has 1 heterocycles. The summed E-state index contributed by atoms with van der Waals surface area (Å²) in [5.41, 5.74) is -1.58. The molecular formula is C10H8ClF4NO2. The number of nitrogens with one attached hydrogen (secondary N) is 1. The number of ether oxygens (including phenoxy) is 1. The van der Waals surface area contributed by atoms with Crippen molar-refractivity contribution in [2.24, 2.45) is 0 Å². The molecule has 1 fully saturated rings. The maximum Gasteiger partial charge on any atom is 0.419 e. The average Bonchev–Trinajstić information content (AvgIpc) is 2.63. The van der Waals surface area contributed by atoms with Crippen LogP contribution in [0.4, 0.5) is 22.4 Å². The fourth-order valence-corrected chi connectivity index (χ4v) is 1.59. The largest absolute Gasteiger partial charge is 0.447 e. The van der Waals surface area contributed by atoms with Gasteiger partial charge in [0.05, 0.1) is 11.6 Å². The second-order valence-electron chi connectivity index (χ2n) is 3.50. The normalized spacial score (nSPS) is 18.9. The molecule has 100 valence electrons. The first kappa shape index (κ1) is 14.6. The van der Waals surface area contributed by atoms with Gasteiger partial charge in [0.2, 0.25) is 0 Å². The predicted molar refractivity (Wildman–Crippen MR) is 55.9 cm³/mol. The first-order valence-electron chi connectivity index (χ1n) is 4.68. The number of carbonyl (C=O) groups excluding carboxylic acids is 1. The smallest absolute Gasteiger partial charge is 0.419 e. The summed E-state index contributed by atoms with van der Waals surface area (Å²) in [6.07, 6.45) is -5.53. The molecule has 1 aromatic rings. The van der Waals surface area contributed by atoms with Crippen molar-refractivity contribution in [2.75, 3.05) is 6.61 Å². The Morgan fingerprint density at radius 3 is 2.50 bits per heavy atom. The van der Waals surface area contributed by atoms with E-state index in [-0.39, 0.29) is 24.6 Å². The molecule has 0 aliphatic carbocycles. The fraction of sp³-hybridized carbons (Fsp3) is 0.300. The van der Waals surface area contributed by atoms with E-state index in [1.165, 1.54) is 6.07 Å². The third kappa shape index (κ3) is 2.66. The molecule has 1 aliphatic rings. The highest BCUT2D eigenvalue weighted by Gasteiger charge is 2.37. The predicted octanol–water partition coefficient (Wildman–Crippen LogP) is 3.05. The van der Waals surface area contributed by atoms with E-state index in [9.17, 15) is 22.4 Å². The van der Waals surface area contributed by atoms with Gasteiger partial charge in [0, 0.05) is 5.56 Å². The Hall–Kier alpha value is -1.50. The summed E-state index contributed by atoms with van der Waals surface area (Å²) in [4.78, 5) is 10.7. The minimum absolute atomic E-state index is 0. The van der Waals surface area contributed by atoms with Crippen LogP contribution in [0, 0.1) is 5.82 Å². The summed E-state index contributed by atoms with van der Waals surface area (Å²) in [5.74, 6) is -1.38. The van der Waals surface area contributed by atoms with Crippen molar-refractivity contribution in [1.82, 2.24) is 5.32 Å². The van der Waals surface area contributed by atoms with E-state index < -0.39 is 29.7 Å².